The van der Waals surface area contributed by atoms with Crippen molar-refractivity contribution in [1.29, 1.82) is 0 Å². The third-order valence-corrected chi connectivity index (χ3v) is 3.68. The first-order valence-corrected chi connectivity index (χ1v) is 6.67. The third-order valence-electron chi connectivity index (χ3n) is 3.68. The Morgan fingerprint density at radius 1 is 1.44 bits per heavy atom. The van der Waals surface area contributed by atoms with E-state index in [4.69, 9.17) is 0 Å². The van der Waals surface area contributed by atoms with Crippen molar-refractivity contribution in [3.63, 3.8) is 0 Å². The molecular formula is C14H23N3O. The Bertz CT molecular complexity index is 392. The number of aliphatic hydroxyl groups is 1. The van der Waals surface area contributed by atoms with Gasteiger partial charge in [-0.1, -0.05) is 6.07 Å². The van der Waals surface area contributed by atoms with Gasteiger partial charge in [-0.05, 0) is 38.8 Å². The van der Waals surface area contributed by atoms with E-state index < -0.39 is 5.60 Å². The van der Waals surface area contributed by atoms with E-state index in [0.29, 0.717) is 0 Å². The first-order valence-electron chi connectivity index (χ1n) is 6.67. The van der Waals surface area contributed by atoms with Crippen LogP contribution in [0.3, 0.4) is 0 Å². The summed E-state index contributed by atoms with van der Waals surface area (Å²) in [4.78, 5) is 6.73. The Labute approximate surface area is 109 Å². The lowest BCUT2D eigenvalue weighted by Gasteiger charge is -2.23. The highest BCUT2D eigenvalue weighted by Gasteiger charge is 2.25. The number of likely N-dealkylation sites (tertiary alicyclic amines) is 1. The molecule has 0 aromatic carbocycles. The molecule has 1 aromatic rings. The fourth-order valence-electron chi connectivity index (χ4n) is 2.51. The number of nitrogens with one attached hydrogen (secondary N) is 1. The maximum atomic E-state index is 10.1. The molecule has 100 valence electrons. The number of nitrogens with zero attached hydrogens (tertiary/aromatic N) is 2. The number of aromatic nitrogens is 1. The van der Waals surface area contributed by atoms with Crippen molar-refractivity contribution in [2.45, 2.75) is 38.3 Å². The van der Waals surface area contributed by atoms with E-state index in [1.807, 2.05) is 26.2 Å². The monoisotopic (exact) mass is 249 g/mol. The molecule has 2 rings (SSSR count). The quantitative estimate of drug-likeness (QED) is 0.858. The van der Waals surface area contributed by atoms with Gasteiger partial charge >= 0.3 is 0 Å². The minimum Gasteiger partial charge on any atom is -0.390 e. The van der Waals surface area contributed by atoms with Crippen LogP contribution in [0, 0.1) is 0 Å². The van der Waals surface area contributed by atoms with Crippen LogP contribution in [0.5, 0.6) is 0 Å². The summed E-state index contributed by atoms with van der Waals surface area (Å²) in [7, 11) is 1.90. The van der Waals surface area contributed by atoms with Gasteiger partial charge in [0, 0.05) is 31.9 Å². The van der Waals surface area contributed by atoms with Crippen molar-refractivity contribution < 1.29 is 5.11 Å². The summed E-state index contributed by atoms with van der Waals surface area (Å²) in [6, 6.07) is 4.09. The molecule has 2 heterocycles. The second-order valence-corrected chi connectivity index (χ2v) is 5.39. The molecule has 0 saturated carbocycles. The van der Waals surface area contributed by atoms with Gasteiger partial charge in [-0.15, -0.1) is 0 Å². The highest BCUT2D eigenvalue weighted by Crippen LogP contribution is 2.23. The van der Waals surface area contributed by atoms with Crippen LogP contribution in [0.15, 0.2) is 18.3 Å². The normalized spacial score (nSPS) is 25.7. The Morgan fingerprint density at radius 3 is 3.06 bits per heavy atom. The Balaban J connectivity index is 2.01. The van der Waals surface area contributed by atoms with Crippen LogP contribution in [-0.4, -0.2) is 40.7 Å². The average Bonchev–Trinajstić information content (AvgIpc) is 2.52. The van der Waals surface area contributed by atoms with Crippen molar-refractivity contribution in [1.82, 2.24) is 9.88 Å². The molecule has 18 heavy (non-hydrogen) atoms. The van der Waals surface area contributed by atoms with Crippen LogP contribution in [-0.2, 0) is 6.54 Å². The molecule has 1 aliphatic rings. The van der Waals surface area contributed by atoms with Crippen molar-refractivity contribution in [3.8, 4) is 0 Å². The summed E-state index contributed by atoms with van der Waals surface area (Å²) < 4.78 is 0. The van der Waals surface area contributed by atoms with Crippen molar-refractivity contribution in [2.75, 3.05) is 25.5 Å². The van der Waals surface area contributed by atoms with E-state index in [0.717, 1.165) is 44.7 Å². The molecule has 0 radical (unpaired) electrons. The minimum atomic E-state index is -0.491. The molecular weight excluding hydrogens is 226 g/mol. The average molecular weight is 249 g/mol. The SMILES string of the molecule is CNc1ncccc1CN1CCCC(C)(O)CC1. The van der Waals surface area contributed by atoms with Crippen molar-refractivity contribution in [3.05, 3.63) is 23.9 Å². The second kappa shape index (κ2) is 5.67. The van der Waals surface area contributed by atoms with Crippen LogP contribution >= 0.6 is 0 Å². The molecule has 1 saturated heterocycles. The first kappa shape index (κ1) is 13.3. The molecule has 1 aliphatic heterocycles. The summed E-state index contributed by atoms with van der Waals surface area (Å²) >= 11 is 0. The molecule has 4 heteroatoms. The van der Waals surface area contributed by atoms with Gasteiger partial charge in [0.15, 0.2) is 0 Å². The molecule has 1 aromatic heterocycles. The molecule has 0 spiro atoms. The third kappa shape index (κ3) is 3.43. The number of hydrogen-bond donors (Lipinski definition) is 2. The zero-order valence-corrected chi connectivity index (χ0v) is 11.3. The van der Waals surface area contributed by atoms with Gasteiger partial charge in [-0.3, -0.25) is 4.90 Å². The van der Waals surface area contributed by atoms with Gasteiger partial charge in [0.05, 0.1) is 5.60 Å². The number of anilines is 1. The van der Waals surface area contributed by atoms with E-state index in [-0.39, 0.29) is 0 Å². The fraction of sp³-hybridized carbons (Fsp3) is 0.643. The van der Waals surface area contributed by atoms with E-state index >= 15 is 0 Å². The molecule has 1 unspecified atom stereocenters. The summed E-state index contributed by atoms with van der Waals surface area (Å²) in [5, 5.41) is 13.2. The predicted molar refractivity (Wildman–Crippen MR) is 73.5 cm³/mol. The number of pyridine rings is 1. The van der Waals surface area contributed by atoms with E-state index in [9.17, 15) is 5.11 Å². The maximum Gasteiger partial charge on any atom is 0.130 e. The summed E-state index contributed by atoms with van der Waals surface area (Å²) in [6.07, 6.45) is 4.61. The fourth-order valence-corrected chi connectivity index (χ4v) is 2.51. The first-order chi connectivity index (χ1) is 8.61. The van der Waals surface area contributed by atoms with Gasteiger partial charge in [-0.2, -0.15) is 0 Å². The predicted octanol–water partition coefficient (Wildman–Crippen LogP) is 1.86. The van der Waals surface area contributed by atoms with Crippen LogP contribution in [0.4, 0.5) is 5.82 Å². The van der Waals surface area contributed by atoms with E-state index in [1.54, 1.807) is 0 Å². The van der Waals surface area contributed by atoms with Crippen LogP contribution < -0.4 is 5.32 Å². The van der Waals surface area contributed by atoms with Gasteiger partial charge in [0.25, 0.3) is 0 Å². The van der Waals surface area contributed by atoms with E-state index in [2.05, 4.69) is 21.3 Å². The Hall–Kier alpha value is -1.13. The van der Waals surface area contributed by atoms with Crippen LogP contribution in [0.25, 0.3) is 0 Å². The molecule has 0 bridgehead atoms. The standard InChI is InChI=1S/C14H23N3O/c1-14(18)6-4-9-17(10-7-14)11-12-5-3-8-16-13(12)15-2/h3,5,8,18H,4,6-7,9-11H2,1-2H3,(H,15,16). The molecule has 0 amide bonds. The lowest BCUT2D eigenvalue weighted by atomic mass is 9.98. The lowest BCUT2D eigenvalue weighted by molar-refractivity contribution is 0.0444. The summed E-state index contributed by atoms with van der Waals surface area (Å²) in [5.74, 6) is 0.952. The van der Waals surface area contributed by atoms with Crippen LogP contribution in [0.2, 0.25) is 0 Å². The van der Waals surface area contributed by atoms with Gasteiger partial charge in [0.2, 0.25) is 0 Å². The molecule has 2 N–H and O–H groups in total. The number of hydrogen-bond acceptors (Lipinski definition) is 4. The minimum absolute atomic E-state index is 0.491. The highest BCUT2D eigenvalue weighted by atomic mass is 16.3. The topological polar surface area (TPSA) is 48.4 Å². The summed E-state index contributed by atoms with van der Waals surface area (Å²) in [6.45, 7) is 4.85. The molecule has 1 atom stereocenters. The molecule has 4 nitrogen and oxygen atoms in total. The molecule has 0 aliphatic carbocycles. The zero-order valence-electron chi connectivity index (χ0n) is 11.3. The largest absolute Gasteiger partial charge is 0.390 e. The van der Waals surface area contributed by atoms with Gasteiger partial charge < -0.3 is 10.4 Å². The lowest BCUT2D eigenvalue weighted by Crippen LogP contribution is -2.28. The van der Waals surface area contributed by atoms with Gasteiger partial charge in [-0.25, -0.2) is 4.98 Å². The second-order valence-electron chi connectivity index (χ2n) is 5.39. The van der Waals surface area contributed by atoms with Crippen molar-refractivity contribution in [2.24, 2.45) is 0 Å². The Morgan fingerprint density at radius 2 is 2.28 bits per heavy atom. The maximum absolute atomic E-state index is 10.1. The molecule has 1 fully saturated rings. The number of rotatable bonds is 3. The van der Waals surface area contributed by atoms with Crippen molar-refractivity contribution >= 4 is 5.82 Å². The highest BCUT2D eigenvalue weighted by molar-refractivity contribution is 5.42. The van der Waals surface area contributed by atoms with Gasteiger partial charge in [0.1, 0.15) is 5.82 Å². The van der Waals surface area contributed by atoms with Crippen LogP contribution in [0.1, 0.15) is 31.7 Å². The Kier molecular flexibility index (Phi) is 4.19. The smallest absolute Gasteiger partial charge is 0.130 e. The zero-order chi connectivity index (χ0) is 13.0. The van der Waals surface area contributed by atoms with E-state index in [1.165, 1.54) is 5.56 Å². The summed E-state index contributed by atoms with van der Waals surface area (Å²) in [5.41, 5.74) is 0.733.